The third-order valence-electron chi connectivity index (χ3n) is 2.92. The molecule has 0 radical (unpaired) electrons. The van der Waals surface area contributed by atoms with Crippen molar-refractivity contribution >= 4 is 11.4 Å². The van der Waals surface area contributed by atoms with Crippen molar-refractivity contribution < 1.29 is 37.5 Å². The maximum absolute atomic E-state index is 10.0. The molecule has 5 heteroatoms. The average Bonchev–Trinajstić information content (AvgIpc) is 2.64. The number of non-ortho nitro benzene ring substituents is 1. The van der Waals surface area contributed by atoms with E-state index in [-0.39, 0.29) is 38.2 Å². The molecule has 0 aliphatic heterocycles. The van der Waals surface area contributed by atoms with Gasteiger partial charge in [0.05, 0.1) is 4.92 Å². The number of rotatable bonds is 1. The molecule has 2 N–H and O–H groups in total. The van der Waals surface area contributed by atoms with E-state index in [9.17, 15) is 10.1 Å². The molecule has 0 aliphatic carbocycles. The topological polar surface area (TPSA) is 69.2 Å². The molecule has 0 saturated carbocycles. The molecule has 4 nitrogen and oxygen atoms in total. The zero-order valence-corrected chi connectivity index (χ0v) is 21.4. The van der Waals surface area contributed by atoms with Crippen LogP contribution in [0.4, 0.5) is 11.4 Å². The molecule has 0 atom stereocenters. The number of nitrogens with zero attached hydrogens (tertiary/aromatic N) is 1. The summed E-state index contributed by atoms with van der Waals surface area (Å²) in [5.41, 5.74) is 9.08. The van der Waals surface area contributed by atoms with Crippen molar-refractivity contribution in [3.63, 3.8) is 0 Å². The van der Waals surface area contributed by atoms with Gasteiger partial charge in [0.2, 0.25) is 0 Å². The number of benzene rings is 2. The molecule has 0 heterocycles. The van der Waals surface area contributed by atoms with Crippen molar-refractivity contribution in [1.29, 1.82) is 0 Å². The van der Waals surface area contributed by atoms with Gasteiger partial charge in [-0.2, -0.15) is 0 Å². The second kappa shape index (κ2) is 20.5. The Bertz CT molecular complexity index is 637. The first-order valence-corrected chi connectivity index (χ1v) is 8.43. The molecule has 0 fully saturated rings. The van der Waals surface area contributed by atoms with Crippen LogP contribution in [0.25, 0.3) is 0 Å². The fraction of sp³-hybridized carbons (Fsp3) is 0.273. The first kappa shape index (κ1) is 29.9. The molecular formula is C22H34N2O2U. The first-order chi connectivity index (χ1) is 12.2. The average molecular weight is 597 g/mol. The van der Waals surface area contributed by atoms with E-state index in [1.807, 2.05) is 44.2 Å². The van der Waals surface area contributed by atoms with Crippen LogP contribution in [0.3, 0.4) is 0 Å². The maximum atomic E-state index is 10.0. The van der Waals surface area contributed by atoms with Gasteiger partial charge in [0.25, 0.3) is 5.69 Å². The van der Waals surface area contributed by atoms with Gasteiger partial charge in [-0.3, -0.25) is 10.1 Å². The van der Waals surface area contributed by atoms with Crippen LogP contribution in [0.2, 0.25) is 0 Å². The summed E-state index contributed by atoms with van der Waals surface area (Å²) in [6.45, 7) is 12.4. The first-order valence-electron chi connectivity index (χ1n) is 8.43. The molecule has 0 bridgehead atoms. The van der Waals surface area contributed by atoms with E-state index in [0.717, 1.165) is 5.69 Å². The molecule has 0 aromatic heterocycles. The quantitative estimate of drug-likeness (QED) is 0.166. The van der Waals surface area contributed by atoms with Crippen LogP contribution in [0.1, 0.15) is 43.0 Å². The van der Waals surface area contributed by atoms with Crippen molar-refractivity contribution in [3.8, 4) is 0 Å². The largest absolute Gasteiger partial charge is 0.399 e. The number of nitro benzene ring substituents is 1. The van der Waals surface area contributed by atoms with Crippen molar-refractivity contribution in [2.75, 3.05) is 5.73 Å². The van der Waals surface area contributed by atoms with Crippen molar-refractivity contribution in [1.82, 2.24) is 0 Å². The summed E-state index contributed by atoms with van der Waals surface area (Å²) in [6.07, 6.45) is 4.17. The van der Waals surface area contributed by atoms with Gasteiger partial charge in [-0.25, -0.2) is 0 Å². The minimum absolute atomic E-state index is 0. The van der Waals surface area contributed by atoms with Crippen molar-refractivity contribution in [2.45, 2.75) is 41.5 Å². The molecule has 2 aromatic rings. The molecular weight excluding hydrogens is 562 g/mol. The van der Waals surface area contributed by atoms with Crippen molar-refractivity contribution in [3.05, 3.63) is 94.1 Å². The predicted molar refractivity (Wildman–Crippen MR) is 116 cm³/mol. The Kier molecular flexibility index (Phi) is 22.7. The smallest absolute Gasteiger partial charge is 0.269 e. The molecule has 0 aliphatic rings. The number of para-hydroxylation sites is 2. The molecule has 148 valence electrons. The summed E-state index contributed by atoms with van der Waals surface area (Å²) < 4.78 is 0. The predicted octanol–water partition coefficient (Wildman–Crippen LogP) is 7.05. The van der Waals surface area contributed by atoms with Gasteiger partial charge in [0.15, 0.2) is 0 Å². The minimum atomic E-state index is -0.417. The minimum Gasteiger partial charge on any atom is -0.399 e. The number of nitrogens with two attached hydrogens (primary N) is 1. The van der Waals surface area contributed by atoms with E-state index < -0.39 is 4.92 Å². The van der Waals surface area contributed by atoms with E-state index in [0.29, 0.717) is 0 Å². The summed E-state index contributed by atoms with van der Waals surface area (Å²) in [5, 5.41) is 10.0. The summed E-state index contributed by atoms with van der Waals surface area (Å²) in [7, 11) is 0. The Labute approximate surface area is 189 Å². The Hall–Kier alpha value is -1.83. The van der Waals surface area contributed by atoms with Gasteiger partial charge in [-0.1, -0.05) is 59.7 Å². The van der Waals surface area contributed by atoms with Crippen LogP contribution < -0.4 is 5.73 Å². The summed E-state index contributed by atoms with van der Waals surface area (Å²) >= 11 is 0. The number of nitro groups is 1. The molecule has 2 rings (SSSR count). The van der Waals surface area contributed by atoms with E-state index in [2.05, 4.69) is 39.8 Å². The van der Waals surface area contributed by atoms with Crippen LogP contribution in [0.5, 0.6) is 0 Å². The molecule has 0 amide bonds. The van der Waals surface area contributed by atoms with Crippen molar-refractivity contribution in [2.24, 2.45) is 0 Å². The Morgan fingerprint density at radius 2 is 1.15 bits per heavy atom. The number of allylic oxidation sites excluding steroid dienone is 4. The number of hydrogen-bond donors (Lipinski definition) is 1. The SMILES string of the molecule is CC=C(C)C.CC=C(C)C.Nc1ccccc1.O=[N+]([O-])c1ccccc1.[HH].[U]. The van der Waals surface area contributed by atoms with Gasteiger partial charge in [0.1, 0.15) is 0 Å². The standard InChI is InChI=1S/C6H5NO2.C6H7N.2C5H10.U.H2/c8-7(9)6-4-2-1-3-5-6;7-6-4-2-1-3-5-6;2*1-4-5(2)3;;/h1-5H;1-5H,7H2;2*4H,1-3H3;;1H. The zero-order chi connectivity index (χ0) is 20.4. The molecule has 0 spiro atoms. The van der Waals surface area contributed by atoms with E-state index >= 15 is 0 Å². The molecule has 0 unspecified atom stereocenters. The third-order valence-corrected chi connectivity index (χ3v) is 2.92. The Balaban J connectivity index is -0.000000139. The van der Waals surface area contributed by atoms with Crippen LogP contribution in [0.15, 0.2) is 84.0 Å². The van der Waals surface area contributed by atoms with Crippen LogP contribution >= 0.6 is 0 Å². The second-order valence-corrected chi connectivity index (χ2v) is 5.74. The third kappa shape index (κ3) is 24.2. The molecule has 0 saturated heterocycles. The summed E-state index contributed by atoms with van der Waals surface area (Å²) in [4.78, 5) is 9.59. The molecule has 2 aromatic carbocycles. The van der Waals surface area contributed by atoms with E-state index in [4.69, 9.17) is 5.73 Å². The normalized spacial score (nSPS) is 7.78. The van der Waals surface area contributed by atoms with Gasteiger partial charge >= 0.3 is 0 Å². The fourth-order valence-electron chi connectivity index (χ4n) is 1.00. The Morgan fingerprint density at radius 1 is 0.852 bits per heavy atom. The van der Waals surface area contributed by atoms with Crippen LogP contribution in [-0.2, 0) is 0 Å². The number of nitrogen functional groups attached to an aromatic ring is 1. The molecule has 27 heavy (non-hydrogen) atoms. The van der Waals surface area contributed by atoms with Crippen LogP contribution in [0, 0.1) is 41.2 Å². The second-order valence-electron chi connectivity index (χ2n) is 5.74. The van der Waals surface area contributed by atoms with Gasteiger partial charge in [-0.05, 0) is 53.7 Å². The number of hydrogen-bond acceptors (Lipinski definition) is 3. The number of anilines is 1. The van der Waals surface area contributed by atoms with E-state index in [1.165, 1.54) is 23.3 Å². The summed E-state index contributed by atoms with van der Waals surface area (Å²) in [6, 6.07) is 17.4. The fourth-order valence-corrected chi connectivity index (χ4v) is 1.00. The maximum Gasteiger partial charge on any atom is 0.269 e. The zero-order valence-electron chi connectivity index (χ0n) is 17.3. The van der Waals surface area contributed by atoms with E-state index in [1.54, 1.807) is 18.2 Å². The summed E-state index contributed by atoms with van der Waals surface area (Å²) in [5.74, 6) is 0. The Morgan fingerprint density at radius 3 is 1.30 bits per heavy atom. The monoisotopic (exact) mass is 596 g/mol. The van der Waals surface area contributed by atoms with Gasteiger partial charge in [0, 0.05) is 50.4 Å². The van der Waals surface area contributed by atoms with Gasteiger partial charge in [-0.15, -0.1) is 0 Å². The van der Waals surface area contributed by atoms with Crippen LogP contribution in [-0.4, -0.2) is 4.92 Å². The van der Waals surface area contributed by atoms with Gasteiger partial charge < -0.3 is 5.73 Å².